The van der Waals surface area contributed by atoms with E-state index in [2.05, 4.69) is 54.1 Å². The van der Waals surface area contributed by atoms with Crippen molar-refractivity contribution in [2.75, 3.05) is 6.54 Å². The van der Waals surface area contributed by atoms with Gasteiger partial charge in [-0.2, -0.15) is 0 Å². The van der Waals surface area contributed by atoms with Crippen molar-refractivity contribution >= 4 is 21.6 Å². The molecule has 1 aliphatic carbocycles. The molecule has 0 aliphatic heterocycles. The maximum atomic E-state index is 13.3. The molecule has 0 radical (unpaired) electrons. The van der Waals surface area contributed by atoms with Gasteiger partial charge in [0.25, 0.3) is 5.56 Å². The van der Waals surface area contributed by atoms with Gasteiger partial charge in [0.15, 0.2) is 0 Å². The maximum Gasteiger partial charge on any atom is 0.260 e. The molecule has 0 bridgehead atoms. The highest BCUT2D eigenvalue weighted by Gasteiger charge is 2.25. The van der Waals surface area contributed by atoms with Crippen LogP contribution in [0.3, 0.4) is 0 Å². The van der Waals surface area contributed by atoms with Crippen molar-refractivity contribution in [3.8, 4) is 11.1 Å². The first-order valence-electron chi connectivity index (χ1n) is 13.0. The number of benzene rings is 2. The smallest absolute Gasteiger partial charge is 0.260 e. The summed E-state index contributed by atoms with van der Waals surface area (Å²) < 4.78 is 0. The number of aliphatic hydroxyl groups excluding tert-OH is 1. The molecule has 4 aromatic rings. The summed E-state index contributed by atoms with van der Waals surface area (Å²) >= 11 is 1.53. The van der Waals surface area contributed by atoms with Crippen LogP contribution in [0.1, 0.15) is 54.6 Å². The summed E-state index contributed by atoms with van der Waals surface area (Å²) in [6.07, 6.45) is 6.10. The molecule has 36 heavy (non-hydrogen) atoms. The van der Waals surface area contributed by atoms with Gasteiger partial charge in [-0.15, -0.1) is 11.3 Å². The summed E-state index contributed by atoms with van der Waals surface area (Å²) in [5.74, 6) is 0.679. The molecule has 5 rings (SSSR count). The summed E-state index contributed by atoms with van der Waals surface area (Å²) in [6.45, 7) is 5.30. The lowest BCUT2D eigenvalue weighted by Crippen LogP contribution is -2.42. The van der Waals surface area contributed by atoms with Gasteiger partial charge in [-0.25, -0.2) is 4.98 Å². The van der Waals surface area contributed by atoms with Crippen LogP contribution in [0, 0.1) is 13.8 Å². The number of H-pyrrole nitrogens is 1. The number of nitrogens with zero attached hydrogens (tertiary/aromatic N) is 2. The van der Waals surface area contributed by atoms with E-state index in [0.717, 1.165) is 34.4 Å². The lowest BCUT2D eigenvalue weighted by atomic mass is 9.93. The first-order chi connectivity index (χ1) is 17.5. The maximum absolute atomic E-state index is 13.3. The Hall–Kier alpha value is -2.80. The van der Waals surface area contributed by atoms with Gasteiger partial charge in [0.05, 0.1) is 18.0 Å². The Morgan fingerprint density at radius 2 is 1.86 bits per heavy atom. The van der Waals surface area contributed by atoms with E-state index in [1.54, 1.807) is 0 Å². The van der Waals surface area contributed by atoms with Crippen molar-refractivity contribution < 1.29 is 5.11 Å². The number of aromatic amines is 1. The third-order valence-electron chi connectivity index (χ3n) is 7.51. The molecular formula is C30H35N3O2S. The van der Waals surface area contributed by atoms with Crippen molar-refractivity contribution in [1.82, 2.24) is 14.9 Å². The Bertz CT molecular complexity index is 1370. The van der Waals surface area contributed by atoms with Gasteiger partial charge in [-0.05, 0) is 55.4 Å². The van der Waals surface area contributed by atoms with Crippen molar-refractivity contribution in [2.45, 2.75) is 71.1 Å². The molecule has 1 atom stereocenters. The average Bonchev–Trinajstić information content (AvgIpc) is 3.31. The van der Waals surface area contributed by atoms with E-state index in [4.69, 9.17) is 4.98 Å². The number of hydrogen-bond acceptors (Lipinski definition) is 5. The Morgan fingerprint density at radius 1 is 1.08 bits per heavy atom. The molecule has 2 N–H and O–H groups in total. The standard InChI is InChI=1S/C30H35N3O2S/c1-20-13-14-23(15-21(20)2)26-19-36-30-28(26)29(35)31-27(32-30)18-33(24-11-7-4-8-12-24)17-25(34)16-22-9-5-3-6-10-22/h3,5-6,9-10,13-15,19,24-25,34H,4,7-8,11-12,16-18H2,1-2H3,(H,31,32,35)/t25-/m0/s1. The lowest BCUT2D eigenvalue weighted by molar-refractivity contribution is 0.0662. The summed E-state index contributed by atoms with van der Waals surface area (Å²) in [7, 11) is 0. The van der Waals surface area contributed by atoms with Crippen LogP contribution in [0.2, 0.25) is 0 Å². The molecule has 2 aromatic heterocycles. The van der Waals surface area contributed by atoms with Gasteiger partial charge in [-0.1, -0.05) is 67.8 Å². The van der Waals surface area contributed by atoms with Crippen molar-refractivity contribution in [3.63, 3.8) is 0 Å². The number of rotatable bonds is 8. The van der Waals surface area contributed by atoms with E-state index >= 15 is 0 Å². The largest absolute Gasteiger partial charge is 0.391 e. The fraction of sp³-hybridized carbons (Fsp3) is 0.400. The molecule has 2 aromatic carbocycles. The van der Waals surface area contributed by atoms with Crippen LogP contribution in [-0.4, -0.2) is 38.7 Å². The fourth-order valence-corrected chi connectivity index (χ4v) is 6.36. The monoisotopic (exact) mass is 501 g/mol. The van der Waals surface area contributed by atoms with Crippen LogP contribution in [0.25, 0.3) is 21.3 Å². The summed E-state index contributed by atoms with van der Waals surface area (Å²) in [5.41, 5.74) is 5.50. The fourth-order valence-electron chi connectivity index (χ4n) is 5.39. The molecule has 1 saturated carbocycles. The van der Waals surface area contributed by atoms with E-state index in [9.17, 15) is 9.90 Å². The lowest BCUT2D eigenvalue weighted by Gasteiger charge is -2.35. The Balaban J connectivity index is 1.40. The highest BCUT2D eigenvalue weighted by atomic mass is 32.1. The third kappa shape index (κ3) is 5.61. The second-order valence-electron chi connectivity index (χ2n) is 10.2. The van der Waals surface area contributed by atoms with Crippen molar-refractivity contribution in [3.05, 3.63) is 86.8 Å². The summed E-state index contributed by atoms with van der Waals surface area (Å²) in [4.78, 5) is 24.4. The number of aromatic nitrogens is 2. The minimum absolute atomic E-state index is 0.0853. The number of fused-ring (bicyclic) bond motifs is 1. The molecule has 1 fully saturated rings. The van der Waals surface area contributed by atoms with Crippen LogP contribution in [0.4, 0.5) is 0 Å². The summed E-state index contributed by atoms with van der Waals surface area (Å²) in [6, 6.07) is 16.9. The molecule has 6 heteroatoms. The number of nitrogens with one attached hydrogen (secondary N) is 1. The molecule has 5 nitrogen and oxygen atoms in total. The molecule has 188 valence electrons. The highest BCUT2D eigenvalue weighted by Crippen LogP contribution is 2.32. The van der Waals surface area contributed by atoms with Crippen molar-refractivity contribution in [2.24, 2.45) is 0 Å². The minimum atomic E-state index is -0.470. The second kappa shape index (κ2) is 11.1. The van der Waals surface area contributed by atoms with Crippen LogP contribution in [0.15, 0.2) is 58.7 Å². The van der Waals surface area contributed by atoms with Gasteiger partial charge < -0.3 is 10.1 Å². The zero-order chi connectivity index (χ0) is 25.1. The van der Waals surface area contributed by atoms with Crippen LogP contribution >= 0.6 is 11.3 Å². The Morgan fingerprint density at radius 3 is 2.61 bits per heavy atom. The molecule has 0 amide bonds. The highest BCUT2D eigenvalue weighted by molar-refractivity contribution is 7.17. The molecule has 0 unspecified atom stereocenters. The topological polar surface area (TPSA) is 69.2 Å². The normalized spacial score (nSPS) is 15.6. The number of hydrogen-bond donors (Lipinski definition) is 2. The van der Waals surface area contributed by atoms with Gasteiger partial charge >= 0.3 is 0 Å². The van der Waals surface area contributed by atoms with Gasteiger partial charge in [0.1, 0.15) is 10.7 Å². The SMILES string of the molecule is Cc1ccc(-c2csc3nc(CN(C[C@@H](O)Cc4ccccc4)C4CCCCC4)[nH]c(=O)c23)cc1C. The van der Waals surface area contributed by atoms with E-state index in [1.165, 1.54) is 41.7 Å². The van der Waals surface area contributed by atoms with Crippen LogP contribution < -0.4 is 5.56 Å². The molecule has 2 heterocycles. The average molecular weight is 502 g/mol. The zero-order valence-corrected chi connectivity index (χ0v) is 22.0. The van der Waals surface area contributed by atoms with E-state index < -0.39 is 6.10 Å². The van der Waals surface area contributed by atoms with Gasteiger partial charge in [-0.3, -0.25) is 9.69 Å². The quantitative estimate of drug-likeness (QED) is 0.310. The van der Waals surface area contributed by atoms with Crippen molar-refractivity contribution in [1.29, 1.82) is 0 Å². The first kappa shape index (κ1) is 24.9. The molecule has 0 saturated heterocycles. The first-order valence-corrected chi connectivity index (χ1v) is 13.9. The number of aliphatic hydroxyl groups is 1. The van der Waals surface area contributed by atoms with Crippen LogP contribution in [0.5, 0.6) is 0 Å². The number of aryl methyl sites for hydroxylation is 2. The molecular weight excluding hydrogens is 466 g/mol. The molecule has 0 spiro atoms. The van der Waals surface area contributed by atoms with Crippen LogP contribution in [-0.2, 0) is 13.0 Å². The van der Waals surface area contributed by atoms with E-state index in [1.807, 2.05) is 23.6 Å². The second-order valence-corrected chi connectivity index (χ2v) is 11.1. The summed E-state index contributed by atoms with van der Waals surface area (Å²) in [5, 5.41) is 13.7. The van der Waals surface area contributed by atoms with E-state index in [0.29, 0.717) is 36.8 Å². The third-order valence-corrected chi connectivity index (χ3v) is 8.39. The zero-order valence-electron chi connectivity index (χ0n) is 21.2. The Labute approximate surface area is 216 Å². The number of thiophene rings is 1. The predicted molar refractivity (Wildman–Crippen MR) is 149 cm³/mol. The predicted octanol–water partition coefficient (Wildman–Crippen LogP) is 6.01. The molecule has 1 aliphatic rings. The van der Waals surface area contributed by atoms with Gasteiger partial charge in [0.2, 0.25) is 0 Å². The van der Waals surface area contributed by atoms with E-state index in [-0.39, 0.29) is 5.56 Å². The van der Waals surface area contributed by atoms with Gasteiger partial charge in [0, 0.05) is 23.5 Å². The minimum Gasteiger partial charge on any atom is -0.391 e. The Kier molecular flexibility index (Phi) is 7.65.